The molecule has 134 valence electrons. The number of carbonyl (C=O) groups excluding carboxylic acids is 1. The molecule has 2 aromatic rings. The SMILES string of the molecule is CCCOc1ccc(C2NC(=S)NC(C)=C2C(=O)c2ccccc2)cc1. The van der Waals surface area contributed by atoms with Gasteiger partial charge in [0.15, 0.2) is 10.9 Å². The zero-order valence-corrected chi connectivity index (χ0v) is 15.7. The molecule has 1 atom stereocenters. The number of nitrogens with one attached hydrogen (secondary N) is 2. The molecular formula is C21H22N2O2S. The molecular weight excluding hydrogens is 344 g/mol. The van der Waals surface area contributed by atoms with Gasteiger partial charge in [0.2, 0.25) is 0 Å². The third kappa shape index (κ3) is 3.94. The van der Waals surface area contributed by atoms with E-state index in [-0.39, 0.29) is 11.8 Å². The Hall–Kier alpha value is -2.66. The van der Waals surface area contributed by atoms with E-state index in [0.29, 0.717) is 22.9 Å². The van der Waals surface area contributed by atoms with Gasteiger partial charge in [0.05, 0.1) is 12.6 Å². The van der Waals surface area contributed by atoms with E-state index in [1.165, 1.54) is 0 Å². The summed E-state index contributed by atoms with van der Waals surface area (Å²) in [6, 6.07) is 16.8. The highest BCUT2D eigenvalue weighted by Gasteiger charge is 2.30. The molecule has 0 spiro atoms. The van der Waals surface area contributed by atoms with Crippen molar-refractivity contribution in [3.63, 3.8) is 0 Å². The van der Waals surface area contributed by atoms with Gasteiger partial charge in [-0.05, 0) is 43.3 Å². The van der Waals surface area contributed by atoms with E-state index in [2.05, 4.69) is 17.6 Å². The number of benzene rings is 2. The van der Waals surface area contributed by atoms with Gasteiger partial charge in [-0.2, -0.15) is 0 Å². The largest absolute Gasteiger partial charge is 0.494 e. The lowest BCUT2D eigenvalue weighted by molar-refractivity contribution is 0.102. The molecule has 1 heterocycles. The molecule has 1 unspecified atom stereocenters. The summed E-state index contributed by atoms with van der Waals surface area (Å²) in [6.45, 7) is 4.64. The van der Waals surface area contributed by atoms with Crippen LogP contribution in [0.3, 0.4) is 0 Å². The van der Waals surface area contributed by atoms with Crippen LogP contribution < -0.4 is 15.4 Å². The average Bonchev–Trinajstić information content (AvgIpc) is 2.66. The zero-order chi connectivity index (χ0) is 18.5. The molecule has 2 aromatic carbocycles. The van der Waals surface area contributed by atoms with Gasteiger partial charge in [0, 0.05) is 16.8 Å². The quantitative estimate of drug-likeness (QED) is 0.594. The number of rotatable bonds is 6. The summed E-state index contributed by atoms with van der Waals surface area (Å²) < 4.78 is 5.65. The van der Waals surface area contributed by atoms with Crippen LogP contribution >= 0.6 is 12.2 Å². The lowest BCUT2D eigenvalue weighted by atomic mass is 9.90. The second-order valence-electron chi connectivity index (χ2n) is 6.18. The smallest absolute Gasteiger partial charge is 0.193 e. The van der Waals surface area contributed by atoms with E-state index in [1.54, 1.807) is 0 Å². The number of carbonyl (C=O) groups is 1. The Bertz CT molecular complexity index is 829. The van der Waals surface area contributed by atoms with Crippen LogP contribution in [-0.2, 0) is 0 Å². The maximum Gasteiger partial charge on any atom is 0.193 e. The van der Waals surface area contributed by atoms with Crippen molar-refractivity contribution >= 4 is 23.1 Å². The van der Waals surface area contributed by atoms with Gasteiger partial charge in [-0.25, -0.2) is 0 Å². The molecule has 0 radical (unpaired) electrons. The first-order valence-corrected chi connectivity index (χ1v) is 9.11. The van der Waals surface area contributed by atoms with Gasteiger partial charge in [-0.3, -0.25) is 4.79 Å². The first-order valence-electron chi connectivity index (χ1n) is 8.71. The molecule has 2 N–H and O–H groups in total. The highest BCUT2D eigenvalue weighted by atomic mass is 32.1. The minimum atomic E-state index is -0.295. The summed E-state index contributed by atoms with van der Waals surface area (Å²) in [4.78, 5) is 13.1. The molecule has 1 aliphatic heterocycles. The van der Waals surface area contributed by atoms with E-state index >= 15 is 0 Å². The minimum absolute atomic E-state index is 0.0121. The highest BCUT2D eigenvalue weighted by Crippen LogP contribution is 2.30. The van der Waals surface area contributed by atoms with Crippen LogP contribution in [0.15, 0.2) is 65.9 Å². The summed E-state index contributed by atoms with van der Waals surface area (Å²) in [5.74, 6) is 0.811. The van der Waals surface area contributed by atoms with Gasteiger partial charge >= 0.3 is 0 Å². The van der Waals surface area contributed by atoms with E-state index in [0.717, 1.165) is 23.4 Å². The molecule has 0 aromatic heterocycles. The fraction of sp³-hybridized carbons (Fsp3) is 0.238. The second kappa shape index (κ2) is 8.15. The van der Waals surface area contributed by atoms with E-state index < -0.39 is 0 Å². The van der Waals surface area contributed by atoms with Crippen molar-refractivity contribution in [3.8, 4) is 5.75 Å². The normalized spacial score (nSPS) is 16.7. The van der Waals surface area contributed by atoms with Gasteiger partial charge in [0.1, 0.15) is 5.75 Å². The van der Waals surface area contributed by atoms with Gasteiger partial charge in [-0.1, -0.05) is 49.4 Å². The molecule has 1 aliphatic rings. The van der Waals surface area contributed by atoms with E-state index in [1.807, 2.05) is 61.5 Å². The number of hydrogen-bond acceptors (Lipinski definition) is 3. The van der Waals surface area contributed by atoms with Gasteiger partial charge in [-0.15, -0.1) is 0 Å². The first kappa shape index (κ1) is 18.1. The fourth-order valence-corrected chi connectivity index (χ4v) is 3.24. The Morgan fingerprint density at radius 2 is 1.81 bits per heavy atom. The minimum Gasteiger partial charge on any atom is -0.494 e. The molecule has 3 rings (SSSR count). The number of thiocarbonyl (C=S) groups is 1. The van der Waals surface area contributed by atoms with Crippen LogP contribution in [0.25, 0.3) is 0 Å². The first-order chi connectivity index (χ1) is 12.6. The molecule has 0 amide bonds. The molecule has 26 heavy (non-hydrogen) atoms. The lowest BCUT2D eigenvalue weighted by Crippen LogP contribution is -2.44. The van der Waals surface area contributed by atoms with Crippen LogP contribution in [0.4, 0.5) is 0 Å². The summed E-state index contributed by atoms with van der Waals surface area (Å²) >= 11 is 5.31. The Kier molecular flexibility index (Phi) is 5.68. The van der Waals surface area contributed by atoms with Crippen molar-refractivity contribution in [1.82, 2.24) is 10.6 Å². The summed E-state index contributed by atoms with van der Waals surface area (Å²) in [5.41, 5.74) is 3.08. The standard InChI is InChI=1S/C21H22N2O2S/c1-3-13-25-17-11-9-15(10-12-17)19-18(14(2)22-21(26)23-19)20(24)16-7-5-4-6-8-16/h4-12,19H,3,13H2,1-2H3,(H2,22,23,26). The molecule has 0 saturated heterocycles. The third-order valence-electron chi connectivity index (χ3n) is 4.24. The van der Waals surface area contributed by atoms with Crippen molar-refractivity contribution in [2.45, 2.75) is 26.3 Å². The Morgan fingerprint density at radius 3 is 2.46 bits per heavy atom. The van der Waals surface area contributed by atoms with Crippen molar-refractivity contribution in [2.75, 3.05) is 6.61 Å². The number of allylic oxidation sites excluding steroid dienone is 1. The molecule has 0 bridgehead atoms. The summed E-state index contributed by atoms with van der Waals surface area (Å²) in [5, 5.41) is 6.82. The molecule has 0 fully saturated rings. The Balaban J connectivity index is 1.94. The Labute approximate surface area is 159 Å². The van der Waals surface area contributed by atoms with E-state index in [9.17, 15) is 4.79 Å². The topological polar surface area (TPSA) is 50.4 Å². The van der Waals surface area contributed by atoms with E-state index in [4.69, 9.17) is 17.0 Å². The monoisotopic (exact) mass is 366 g/mol. The van der Waals surface area contributed by atoms with Crippen molar-refractivity contribution in [3.05, 3.63) is 77.0 Å². The maximum absolute atomic E-state index is 13.1. The van der Waals surface area contributed by atoms with Crippen molar-refractivity contribution < 1.29 is 9.53 Å². The predicted molar refractivity (Wildman–Crippen MR) is 107 cm³/mol. The summed E-state index contributed by atoms with van der Waals surface area (Å²) in [7, 11) is 0. The van der Waals surface area contributed by atoms with Crippen LogP contribution in [0, 0.1) is 0 Å². The van der Waals surface area contributed by atoms with Gasteiger partial charge < -0.3 is 15.4 Å². The zero-order valence-electron chi connectivity index (χ0n) is 14.9. The van der Waals surface area contributed by atoms with Crippen LogP contribution in [0.2, 0.25) is 0 Å². The lowest BCUT2D eigenvalue weighted by Gasteiger charge is -2.30. The second-order valence-corrected chi connectivity index (χ2v) is 6.59. The third-order valence-corrected chi connectivity index (χ3v) is 4.46. The number of Topliss-reactive ketones (excluding diaryl/α,β-unsaturated/α-hetero) is 1. The Morgan fingerprint density at radius 1 is 1.12 bits per heavy atom. The maximum atomic E-state index is 13.1. The van der Waals surface area contributed by atoms with Crippen LogP contribution in [0.5, 0.6) is 5.75 Å². The predicted octanol–water partition coefficient (Wildman–Crippen LogP) is 4.15. The van der Waals surface area contributed by atoms with Crippen LogP contribution in [0.1, 0.15) is 42.2 Å². The summed E-state index contributed by atoms with van der Waals surface area (Å²) in [6.07, 6.45) is 0.962. The molecule has 4 nitrogen and oxygen atoms in total. The van der Waals surface area contributed by atoms with Crippen molar-refractivity contribution in [2.24, 2.45) is 0 Å². The average molecular weight is 366 g/mol. The number of hydrogen-bond donors (Lipinski definition) is 2. The van der Waals surface area contributed by atoms with Crippen LogP contribution in [-0.4, -0.2) is 17.5 Å². The number of ether oxygens (including phenoxy) is 1. The number of ketones is 1. The van der Waals surface area contributed by atoms with Crippen molar-refractivity contribution in [1.29, 1.82) is 0 Å². The molecule has 0 saturated carbocycles. The van der Waals surface area contributed by atoms with Gasteiger partial charge in [0.25, 0.3) is 0 Å². The highest BCUT2D eigenvalue weighted by molar-refractivity contribution is 7.80. The molecule has 0 aliphatic carbocycles. The fourth-order valence-electron chi connectivity index (χ4n) is 2.97. The molecule has 5 heteroatoms.